The molecule has 120 valence electrons. The molecule has 0 radical (unpaired) electrons. The second-order valence-electron chi connectivity index (χ2n) is 5.82. The van der Waals surface area contributed by atoms with Crippen molar-refractivity contribution in [3.63, 3.8) is 0 Å². The summed E-state index contributed by atoms with van der Waals surface area (Å²) in [7, 11) is 1.67. The predicted octanol–water partition coefficient (Wildman–Crippen LogP) is 1.42. The number of aromatic nitrogens is 3. The number of carbonyl (C=O) groups excluding carboxylic acids is 1. The van der Waals surface area contributed by atoms with Crippen LogP contribution in [0, 0.1) is 6.92 Å². The van der Waals surface area contributed by atoms with Crippen LogP contribution < -0.4 is 5.32 Å². The second-order valence-corrected chi connectivity index (χ2v) is 5.82. The molecule has 0 aliphatic carbocycles. The molecule has 1 N–H and O–H groups in total. The summed E-state index contributed by atoms with van der Waals surface area (Å²) in [5.41, 5.74) is 2.05. The Balaban J connectivity index is 2.01. The first-order chi connectivity index (χ1) is 11.2. The van der Waals surface area contributed by atoms with Crippen LogP contribution in [0.25, 0.3) is 0 Å². The van der Waals surface area contributed by atoms with E-state index < -0.39 is 5.54 Å². The number of hydrogen-bond acceptors (Lipinski definition) is 5. The molecule has 2 aromatic rings. The predicted molar refractivity (Wildman–Crippen MR) is 86.4 cm³/mol. The number of nitrogens with one attached hydrogen (secondary N) is 1. The van der Waals surface area contributed by atoms with E-state index in [1.54, 1.807) is 31.8 Å². The van der Waals surface area contributed by atoms with Crippen LogP contribution in [0.4, 0.5) is 0 Å². The average molecular weight is 311 g/mol. The van der Waals surface area contributed by atoms with E-state index in [4.69, 9.17) is 0 Å². The summed E-state index contributed by atoms with van der Waals surface area (Å²) >= 11 is 0. The third-order valence-corrected chi connectivity index (χ3v) is 4.55. The summed E-state index contributed by atoms with van der Waals surface area (Å²) in [5.74, 6) is -0.0379. The van der Waals surface area contributed by atoms with E-state index in [1.807, 2.05) is 19.1 Å². The number of aryl methyl sites for hydroxylation is 1. The van der Waals surface area contributed by atoms with Crippen LogP contribution in [0.5, 0.6) is 0 Å². The molecular weight excluding hydrogens is 290 g/mol. The third-order valence-electron chi connectivity index (χ3n) is 4.55. The SMILES string of the molecule is CNC(=O)[C@@]1(c2cnccn2)CCCN1Cc1ncccc1C. The lowest BCUT2D eigenvalue weighted by atomic mass is 9.90. The van der Waals surface area contributed by atoms with Gasteiger partial charge in [-0.15, -0.1) is 0 Å². The molecule has 23 heavy (non-hydrogen) atoms. The number of likely N-dealkylation sites (N-methyl/N-ethyl adjacent to an activating group) is 1. The minimum absolute atomic E-state index is 0.0379. The molecule has 6 heteroatoms. The van der Waals surface area contributed by atoms with Crippen molar-refractivity contribution < 1.29 is 4.79 Å². The van der Waals surface area contributed by atoms with Crippen LogP contribution in [0.15, 0.2) is 36.9 Å². The van der Waals surface area contributed by atoms with E-state index in [9.17, 15) is 4.79 Å². The molecule has 0 spiro atoms. The van der Waals surface area contributed by atoms with Crippen LogP contribution >= 0.6 is 0 Å². The van der Waals surface area contributed by atoms with Crippen LogP contribution in [0.1, 0.15) is 29.8 Å². The monoisotopic (exact) mass is 311 g/mol. The summed E-state index contributed by atoms with van der Waals surface area (Å²) < 4.78 is 0. The Bertz CT molecular complexity index is 690. The van der Waals surface area contributed by atoms with Crippen molar-refractivity contribution in [2.45, 2.75) is 31.8 Å². The first-order valence-corrected chi connectivity index (χ1v) is 7.82. The standard InChI is InChI=1S/C17H21N5O/c1-13-5-3-7-20-14(13)12-22-10-4-6-17(22,16(23)18-2)15-11-19-8-9-21-15/h3,5,7-9,11H,4,6,10,12H2,1-2H3,(H,18,23)/t17-/m0/s1. The van der Waals surface area contributed by atoms with E-state index in [-0.39, 0.29) is 5.91 Å². The largest absolute Gasteiger partial charge is 0.357 e. The number of likely N-dealkylation sites (tertiary alicyclic amines) is 1. The normalized spacial score (nSPS) is 21.3. The Labute approximate surface area is 136 Å². The Morgan fingerprint density at radius 2 is 2.22 bits per heavy atom. The van der Waals surface area contributed by atoms with Crippen LogP contribution in [0.2, 0.25) is 0 Å². The molecule has 2 aromatic heterocycles. The van der Waals surface area contributed by atoms with Crippen LogP contribution in [-0.4, -0.2) is 39.4 Å². The summed E-state index contributed by atoms with van der Waals surface area (Å²) in [6.45, 7) is 3.50. The van der Waals surface area contributed by atoms with Gasteiger partial charge in [0.2, 0.25) is 5.91 Å². The summed E-state index contributed by atoms with van der Waals surface area (Å²) in [6, 6.07) is 3.97. The van der Waals surface area contributed by atoms with Crippen molar-refractivity contribution >= 4 is 5.91 Å². The Morgan fingerprint density at radius 3 is 2.91 bits per heavy atom. The van der Waals surface area contributed by atoms with Crippen molar-refractivity contribution in [2.75, 3.05) is 13.6 Å². The fraction of sp³-hybridized carbons (Fsp3) is 0.412. The second kappa shape index (κ2) is 6.42. The van der Waals surface area contributed by atoms with Gasteiger partial charge in [0.15, 0.2) is 0 Å². The maximum absolute atomic E-state index is 12.8. The zero-order chi connectivity index (χ0) is 16.3. The van der Waals surface area contributed by atoms with Gasteiger partial charge in [0.1, 0.15) is 5.54 Å². The van der Waals surface area contributed by atoms with E-state index in [0.29, 0.717) is 12.2 Å². The highest BCUT2D eigenvalue weighted by atomic mass is 16.2. The third kappa shape index (κ3) is 2.70. The van der Waals surface area contributed by atoms with Crippen molar-refractivity contribution in [2.24, 2.45) is 0 Å². The molecule has 6 nitrogen and oxygen atoms in total. The summed E-state index contributed by atoms with van der Waals surface area (Å²) in [6.07, 6.45) is 8.43. The van der Waals surface area contributed by atoms with Gasteiger partial charge in [-0.2, -0.15) is 0 Å². The molecule has 1 fully saturated rings. The van der Waals surface area contributed by atoms with Gasteiger partial charge in [-0.1, -0.05) is 6.07 Å². The topological polar surface area (TPSA) is 71.0 Å². The maximum atomic E-state index is 12.8. The Morgan fingerprint density at radius 1 is 1.35 bits per heavy atom. The van der Waals surface area contributed by atoms with E-state index in [2.05, 4.69) is 25.2 Å². The number of carbonyl (C=O) groups is 1. The maximum Gasteiger partial charge on any atom is 0.246 e. The summed E-state index contributed by atoms with van der Waals surface area (Å²) in [5, 5.41) is 2.81. The first kappa shape index (κ1) is 15.6. The summed E-state index contributed by atoms with van der Waals surface area (Å²) in [4.78, 5) is 28.0. The number of pyridine rings is 1. The van der Waals surface area contributed by atoms with Crippen molar-refractivity contribution in [3.05, 3.63) is 53.9 Å². The molecule has 1 aliphatic heterocycles. The molecule has 0 unspecified atom stereocenters. The zero-order valence-electron chi connectivity index (χ0n) is 13.5. The average Bonchev–Trinajstić information content (AvgIpc) is 3.01. The highest BCUT2D eigenvalue weighted by Gasteiger charge is 2.49. The lowest BCUT2D eigenvalue weighted by Gasteiger charge is -2.36. The molecular formula is C17H21N5O. The highest BCUT2D eigenvalue weighted by molar-refractivity contribution is 5.87. The zero-order valence-corrected chi connectivity index (χ0v) is 13.5. The Hall–Kier alpha value is -2.34. The molecule has 3 heterocycles. The number of hydrogen-bond donors (Lipinski definition) is 1. The molecule has 3 rings (SSSR count). The first-order valence-electron chi connectivity index (χ1n) is 7.82. The lowest BCUT2D eigenvalue weighted by molar-refractivity contribution is -0.132. The smallest absolute Gasteiger partial charge is 0.246 e. The fourth-order valence-electron chi connectivity index (χ4n) is 3.34. The minimum atomic E-state index is -0.771. The van der Waals surface area contributed by atoms with Gasteiger partial charge >= 0.3 is 0 Å². The molecule has 1 aliphatic rings. The van der Waals surface area contributed by atoms with E-state index in [0.717, 1.165) is 30.6 Å². The molecule has 0 aromatic carbocycles. The van der Waals surface area contributed by atoms with Gasteiger partial charge in [0.25, 0.3) is 0 Å². The molecule has 0 saturated carbocycles. The minimum Gasteiger partial charge on any atom is -0.357 e. The van der Waals surface area contributed by atoms with Gasteiger partial charge in [0.05, 0.1) is 17.6 Å². The van der Waals surface area contributed by atoms with Crippen LogP contribution in [0.3, 0.4) is 0 Å². The van der Waals surface area contributed by atoms with Crippen molar-refractivity contribution in [1.29, 1.82) is 0 Å². The van der Waals surface area contributed by atoms with E-state index >= 15 is 0 Å². The van der Waals surface area contributed by atoms with E-state index in [1.165, 1.54) is 0 Å². The van der Waals surface area contributed by atoms with Gasteiger partial charge in [-0.25, -0.2) is 0 Å². The molecule has 0 bridgehead atoms. The fourth-order valence-corrected chi connectivity index (χ4v) is 3.34. The van der Waals surface area contributed by atoms with Gasteiger partial charge < -0.3 is 5.32 Å². The highest BCUT2D eigenvalue weighted by Crippen LogP contribution is 2.39. The van der Waals surface area contributed by atoms with Crippen molar-refractivity contribution in [3.8, 4) is 0 Å². The molecule has 1 saturated heterocycles. The number of amides is 1. The quantitative estimate of drug-likeness (QED) is 0.924. The van der Waals surface area contributed by atoms with Crippen LogP contribution in [-0.2, 0) is 16.9 Å². The molecule has 1 atom stereocenters. The Kier molecular flexibility index (Phi) is 4.34. The van der Waals surface area contributed by atoms with Crippen molar-refractivity contribution in [1.82, 2.24) is 25.2 Å². The molecule has 1 amide bonds. The number of nitrogens with zero attached hydrogens (tertiary/aromatic N) is 4. The van der Waals surface area contributed by atoms with Gasteiger partial charge in [-0.05, 0) is 31.4 Å². The van der Waals surface area contributed by atoms with Gasteiger partial charge in [-0.3, -0.25) is 24.6 Å². The van der Waals surface area contributed by atoms with Gasteiger partial charge in [0, 0.05) is 38.7 Å². The number of rotatable bonds is 4. The lowest BCUT2D eigenvalue weighted by Crippen LogP contribution is -2.52.